The summed E-state index contributed by atoms with van der Waals surface area (Å²) in [6.45, 7) is 12.0. The zero-order valence-corrected chi connectivity index (χ0v) is 18.5. The van der Waals surface area contributed by atoms with E-state index in [1.165, 1.54) is 5.69 Å². The van der Waals surface area contributed by atoms with Crippen LogP contribution in [0, 0.1) is 11.8 Å². The van der Waals surface area contributed by atoms with Crippen LogP contribution in [0.5, 0.6) is 0 Å². The molecule has 0 N–H and O–H groups in total. The average molecular weight is 416 g/mol. The number of fused-ring (bicyclic) bond motifs is 2. The number of carbonyl (C=O) groups excluding carboxylic acids is 2. The molecule has 0 aromatic carbocycles. The van der Waals surface area contributed by atoms with Crippen molar-refractivity contribution in [3.8, 4) is 0 Å². The molecule has 1 unspecified atom stereocenters. The summed E-state index contributed by atoms with van der Waals surface area (Å²) in [5, 5.41) is 0. The van der Waals surface area contributed by atoms with Gasteiger partial charge in [0.1, 0.15) is 5.60 Å². The van der Waals surface area contributed by atoms with E-state index < -0.39 is 5.60 Å². The highest BCUT2D eigenvalue weighted by atomic mass is 16.6. The molecule has 0 radical (unpaired) electrons. The van der Waals surface area contributed by atoms with Gasteiger partial charge in [0.05, 0.1) is 17.9 Å². The van der Waals surface area contributed by atoms with E-state index >= 15 is 0 Å². The molecular formula is C23H33N3O4. The van der Waals surface area contributed by atoms with E-state index in [9.17, 15) is 9.59 Å². The molecule has 3 aliphatic heterocycles. The molecule has 0 spiro atoms. The number of rotatable bonds is 4. The number of carbonyl (C=O) groups is 2. The van der Waals surface area contributed by atoms with Crippen molar-refractivity contribution in [3.63, 3.8) is 0 Å². The van der Waals surface area contributed by atoms with E-state index in [1.54, 1.807) is 0 Å². The van der Waals surface area contributed by atoms with E-state index in [0.717, 1.165) is 51.3 Å². The van der Waals surface area contributed by atoms with E-state index in [0.29, 0.717) is 24.0 Å². The predicted octanol–water partition coefficient (Wildman–Crippen LogP) is 3.38. The maximum Gasteiger partial charge on any atom is 0.410 e. The van der Waals surface area contributed by atoms with Crippen LogP contribution >= 0.6 is 0 Å². The van der Waals surface area contributed by atoms with Crippen LogP contribution in [0.1, 0.15) is 55.9 Å². The van der Waals surface area contributed by atoms with Gasteiger partial charge in [-0.3, -0.25) is 4.90 Å². The topological polar surface area (TPSA) is 64.0 Å². The fraction of sp³-hybridized carbons (Fsp3) is 0.652. The van der Waals surface area contributed by atoms with Gasteiger partial charge in [-0.1, -0.05) is 6.08 Å². The number of ether oxygens (including phenoxy) is 2. The molecular weight excluding hydrogens is 382 g/mol. The van der Waals surface area contributed by atoms with Crippen molar-refractivity contribution in [1.82, 2.24) is 14.4 Å². The number of hydrogen-bond acceptors (Lipinski definition) is 5. The van der Waals surface area contributed by atoms with Crippen LogP contribution in [0.3, 0.4) is 0 Å². The van der Waals surface area contributed by atoms with Crippen molar-refractivity contribution in [2.75, 3.05) is 32.8 Å². The summed E-state index contributed by atoms with van der Waals surface area (Å²) >= 11 is 0. The average Bonchev–Trinajstić information content (AvgIpc) is 3.32. The molecule has 7 heteroatoms. The summed E-state index contributed by atoms with van der Waals surface area (Å²) in [7, 11) is 0. The number of aryl methyl sites for hydroxylation is 1. The minimum atomic E-state index is -0.466. The normalized spacial score (nSPS) is 23.4. The number of amides is 1. The molecule has 1 aromatic rings. The molecule has 2 atom stereocenters. The molecule has 0 saturated carbocycles. The van der Waals surface area contributed by atoms with E-state index in [4.69, 9.17) is 9.47 Å². The van der Waals surface area contributed by atoms with Crippen LogP contribution < -0.4 is 0 Å². The van der Waals surface area contributed by atoms with Gasteiger partial charge in [0.2, 0.25) is 0 Å². The van der Waals surface area contributed by atoms with Crippen LogP contribution in [-0.2, 0) is 22.4 Å². The molecule has 164 valence electrons. The van der Waals surface area contributed by atoms with Crippen molar-refractivity contribution in [3.05, 3.63) is 29.1 Å². The Balaban J connectivity index is 1.43. The first-order valence-corrected chi connectivity index (χ1v) is 11.0. The minimum Gasteiger partial charge on any atom is -0.462 e. The molecule has 0 aliphatic carbocycles. The summed E-state index contributed by atoms with van der Waals surface area (Å²) in [5.41, 5.74) is 2.41. The van der Waals surface area contributed by atoms with Gasteiger partial charge >= 0.3 is 12.1 Å². The third kappa shape index (κ3) is 4.26. The molecule has 2 saturated heterocycles. The monoisotopic (exact) mass is 415 g/mol. The third-order valence-electron chi connectivity index (χ3n) is 6.13. The second-order valence-corrected chi connectivity index (χ2v) is 9.61. The molecule has 0 bridgehead atoms. The Kier molecular flexibility index (Phi) is 5.66. The Morgan fingerprint density at radius 1 is 1.13 bits per heavy atom. The number of allylic oxidation sites excluding steroid dienone is 1. The molecule has 1 amide bonds. The summed E-state index contributed by atoms with van der Waals surface area (Å²) in [6.07, 6.45) is 5.97. The Hall–Kier alpha value is -2.28. The van der Waals surface area contributed by atoms with Gasteiger partial charge in [0, 0.05) is 44.6 Å². The van der Waals surface area contributed by atoms with Crippen LogP contribution in [0.2, 0.25) is 0 Å². The Bertz CT molecular complexity index is 837. The number of nitrogens with zero attached hydrogens (tertiary/aromatic N) is 3. The summed E-state index contributed by atoms with van der Waals surface area (Å²) in [5.74, 6) is 0.670. The van der Waals surface area contributed by atoms with Gasteiger partial charge in [-0.2, -0.15) is 0 Å². The van der Waals surface area contributed by atoms with Gasteiger partial charge in [0.25, 0.3) is 0 Å². The second kappa shape index (κ2) is 8.10. The molecule has 30 heavy (non-hydrogen) atoms. The fourth-order valence-electron chi connectivity index (χ4n) is 4.87. The maximum atomic E-state index is 12.5. The number of esters is 1. The second-order valence-electron chi connectivity index (χ2n) is 9.61. The fourth-order valence-corrected chi connectivity index (χ4v) is 4.87. The molecule has 1 aromatic heterocycles. The van der Waals surface area contributed by atoms with E-state index in [2.05, 4.69) is 21.7 Å². The standard InChI is InChI=1S/C23H33N3O4/c1-5-29-21(27)19-10-18-8-6-7-9-26(18)20(19)15-24-11-16-13-25(14-17(16)12-24)22(28)30-23(2,3)4/h7,9-10,16-17H,5-6,8,11-15H2,1-4H3/t16-,17?/m1/s1. The molecule has 3 aliphatic rings. The first kappa shape index (κ1) is 21.0. The molecule has 2 fully saturated rings. The molecule has 4 rings (SSSR count). The highest BCUT2D eigenvalue weighted by Gasteiger charge is 2.43. The summed E-state index contributed by atoms with van der Waals surface area (Å²) in [6, 6.07) is 2.00. The van der Waals surface area contributed by atoms with E-state index in [-0.39, 0.29) is 12.1 Å². The van der Waals surface area contributed by atoms with E-state index in [1.807, 2.05) is 38.7 Å². The predicted molar refractivity (Wildman–Crippen MR) is 114 cm³/mol. The first-order valence-electron chi connectivity index (χ1n) is 11.0. The van der Waals surface area contributed by atoms with Gasteiger partial charge in [-0.15, -0.1) is 0 Å². The zero-order valence-electron chi connectivity index (χ0n) is 18.5. The minimum absolute atomic E-state index is 0.209. The Morgan fingerprint density at radius 2 is 1.83 bits per heavy atom. The zero-order chi connectivity index (χ0) is 21.5. The van der Waals surface area contributed by atoms with Gasteiger partial charge in [-0.05, 0) is 58.4 Å². The lowest BCUT2D eigenvalue weighted by molar-refractivity contribution is 0.0273. The highest BCUT2D eigenvalue weighted by molar-refractivity contribution is 5.91. The largest absolute Gasteiger partial charge is 0.462 e. The quantitative estimate of drug-likeness (QED) is 0.706. The smallest absolute Gasteiger partial charge is 0.410 e. The number of hydrogen-bond donors (Lipinski definition) is 0. The van der Waals surface area contributed by atoms with Crippen LogP contribution in [-0.4, -0.2) is 64.8 Å². The summed E-state index contributed by atoms with van der Waals surface area (Å²) in [4.78, 5) is 29.2. The number of aromatic nitrogens is 1. The maximum absolute atomic E-state index is 12.5. The van der Waals surface area contributed by atoms with Gasteiger partial charge < -0.3 is 18.9 Å². The van der Waals surface area contributed by atoms with Crippen LogP contribution in [0.15, 0.2) is 12.1 Å². The highest BCUT2D eigenvalue weighted by Crippen LogP contribution is 2.34. The molecule has 4 heterocycles. The lowest BCUT2D eigenvalue weighted by atomic mass is 10.0. The van der Waals surface area contributed by atoms with Crippen molar-refractivity contribution in [2.24, 2.45) is 11.8 Å². The van der Waals surface area contributed by atoms with Crippen molar-refractivity contribution >= 4 is 18.3 Å². The molecule has 7 nitrogen and oxygen atoms in total. The number of likely N-dealkylation sites (tertiary alicyclic amines) is 2. The van der Waals surface area contributed by atoms with Crippen molar-refractivity contribution < 1.29 is 19.1 Å². The van der Waals surface area contributed by atoms with Crippen molar-refractivity contribution in [1.29, 1.82) is 0 Å². The van der Waals surface area contributed by atoms with Crippen LogP contribution in [0.25, 0.3) is 6.20 Å². The van der Waals surface area contributed by atoms with Crippen LogP contribution in [0.4, 0.5) is 4.79 Å². The Labute approximate surface area is 178 Å². The first-order chi connectivity index (χ1) is 14.2. The SMILES string of the molecule is CCOC(=O)c1cc2n(c1CN1CC3CN(C(=O)OC(C)(C)C)C[C@H]3C1)C=CCC2. The van der Waals surface area contributed by atoms with Gasteiger partial charge in [0.15, 0.2) is 0 Å². The Morgan fingerprint density at radius 3 is 2.47 bits per heavy atom. The third-order valence-corrected chi connectivity index (χ3v) is 6.13. The summed E-state index contributed by atoms with van der Waals surface area (Å²) < 4.78 is 13.0. The lowest BCUT2D eigenvalue weighted by Gasteiger charge is -2.26. The lowest BCUT2D eigenvalue weighted by Crippen LogP contribution is -2.37. The van der Waals surface area contributed by atoms with Crippen molar-refractivity contribution in [2.45, 2.75) is 52.7 Å². The van der Waals surface area contributed by atoms with Gasteiger partial charge in [-0.25, -0.2) is 9.59 Å².